The van der Waals surface area contributed by atoms with Crippen molar-refractivity contribution < 1.29 is 19.4 Å². The van der Waals surface area contributed by atoms with Gasteiger partial charge < -0.3 is 9.47 Å². The quantitative estimate of drug-likeness (QED) is 0.588. The lowest BCUT2D eigenvalue weighted by molar-refractivity contribution is -0.152. The molecule has 63 valence electrons. The van der Waals surface area contributed by atoms with Crippen LogP contribution >= 0.6 is 0 Å². The summed E-state index contributed by atoms with van der Waals surface area (Å²) in [5.74, 6) is -1.16. The van der Waals surface area contributed by atoms with E-state index in [1.165, 1.54) is 0 Å². The highest BCUT2D eigenvalue weighted by atomic mass is 16.5. The zero-order chi connectivity index (χ0) is 8.10. The second-order valence-corrected chi connectivity index (χ2v) is 2.49. The van der Waals surface area contributed by atoms with Gasteiger partial charge >= 0.3 is 5.97 Å². The molecule has 1 aliphatic heterocycles. The van der Waals surface area contributed by atoms with Crippen molar-refractivity contribution in [3.63, 3.8) is 0 Å². The Morgan fingerprint density at radius 3 is 2.64 bits per heavy atom. The van der Waals surface area contributed by atoms with Crippen LogP contribution in [0.4, 0.5) is 0 Å². The van der Waals surface area contributed by atoms with Crippen molar-refractivity contribution in [2.45, 2.75) is 18.9 Å². The van der Waals surface area contributed by atoms with E-state index in [9.17, 15) is 9.90 Å². The number of hydrogen-bond donors (Lipinski definition) is 0. The monoisotopic (exact) mass is 159 g/mol. The molecule has 0 spiro atoms. The zero-order valence-corrected chi connectivity index (χ0v) is 6.25. The maximum absolute atomic E-state index is 9.97. The van der Waals surface area contributed by atoms with Gasteiger partial charge in [0.1, 0.15) is 6.61 Å². The summed E-state index contributed by atoms with van der Waals surface area (Å²) in [7, 11) is 0. The molecule has 1 fully saturated rings. The van der Waals surface area contributed by atoms with Crippen LogP contribution in [-0.2, 0) is 19.4 Å². The molecule has 0 atom stereocenters. The third kappa shape index (κ3) is 3.34. The van der Waals surface area contributed by atoms with Gasteiger partial charge in [0.05, 0.1) is 6.10 Å². The lowest BCUT2D eigenvalue weighted by atomic mass is 10.2. The van der Waals surface area contributed by atoms with Crippen LogP contribution in [0.1, 0.15) is 12.8 Å². The average Bonchev–Trinajstić information content (AvgIpc) is 2.03. The van der Waals surface area contributed by atoms with E-state index in [4.69, 9.17) is 9.47 Å². The summed E-state index contributed by atoms with van der Waals surface area (Å²) in [5.41, 5.74) is 0. The lowest BCUT2D eigenvalue weighted by Gasteiger charge is -2.21. The molecule has 1 rings (SSSR count). The predicted molar refractivity (Wildman–Crippen MR) is 35.5 cm³/mol. The third-order valence-electron chi connectivity index (χ3n) is 1.61. The van der Waals surface area contributed by atoms with E-state index in [0.717, 1.165) is 12.8 Å². The first kappa shape index (κ1) is 8.49. The molecule has 1 saturated heterocycles. The molecule has 0 aromatic heterocycles. The van der Waals surface area contributed by atoms with Crippen molar-refractivity contribution in [2.24, 2.45) is 0 Å². The predicted octanol–water partition coefficient (Wildman–Crippen LogP) is 0.139. The van der Waals surface area contributed by atoms with Gasteiger partial charge in [0.2, 0.25) is 0 Å². The molecule has 1 radical (unpaired) electrons. The average molecular weight is 159 g/mol. The minimum atomic E-state index is -1.16. The van der Waals surface area contributed by atoms with Crippen LogP contribution in [0.5, 0.6) is 0 Å². The first-order chi connectivity index (χ1) is 5.29. The Morgan fingerprint density at radius 2 is 2.09 bits per heavy atom. The van der Waals surface area contributed by atoms with E-state index in [2.05, 4.69) is 0 Å². The molecule has 1 aliphatic rings. The van der Waals surface area contributed by atoms with Crippen molar-refractivity contribution in [3.05, 3.63) is 0 Å². The van der Waals surface area contributed by atoms with Crippen LogP contribution in [-0.4, -0.2) is 31.9 Å². The first-order valence-corrected chi connectivity index (χ1v) is 3.68. The maximum atomic E-state index is 9.97. The Bertz CT molecular complexity index is 128. The summed E-state index contributed by atoms with van der Waals surface area (Å²) in [6.07, 6.45) is 1.61. The molecule has 0 bridgehead atoms. The van der Waals surface area contributed by atoms with Crippen molar-refractivity contribution in [2.75, 3.05) is 19.8 Å². The van der Waals surface area contributed by atoms with Gasteiger partial charge in [-0.3, -0.25) is 0 Å². The molecular formula is C7H11O4. The van der Waals surface area contributed by atoms with Crippen molar-refractivity contribution in [3.8, 4) is 0 Å². The van der Waals surface area contributed by atoms with E-state index in [0.29, 0.717) is 13.2 Å². The maximum Gasteiger partial charge on any atom is 0.380 e. The van der Waals surface area contributed by atoms with Crippen LogP contribution in [0.25, 0.3) is 0 Å². The Kier molecular flexibility index (Phi) is 3.32. The molecule has 1 heterocycles. The number of hydrogen-bond acceptors (Lipinski definition) is 3. The van der Waals surface area contributed by atoms with Gasteiger partial charge in [-0.15, -0.1) is 0 Å². The Hall–Kier alpha value is -0.610. The molecule has 0 amide bonds. The first-order valence-electron chi connectivity index (χ1n) is 3.68. The minimum Gasteiger partial charge on any atom is -0.381 e. The topological polar surface area (TPSA) is 55.4 Å². The second kappa shape index (κ2) is 4.31. The lowest BCUT2D eigenvalue weighted by Crippen LogP contribution is -2.25. The second-order valence-electron chi connectivity index (χ2n) is 2.49. The highest BCUT2D eigenvalue weighted by Crippen LogP contribution is 2.09. The molecule has 4 nitrogen and oxygen atoms in total. The SMILES string of the molecule is [O]C(=O)COC1CCOCC1. The summed E-state index contributed by atoms with van der Waals surface area (Å²) in [6.45, 7) is 1.03. The molecule has 0 aromatic rings. The standard InChI is InChI=1S/C7H11O4/c8-7(9)5-11-6-1-3-10-4-2-6/h6H,1-5H2. The summed E-state index contributed by atoms with van der Waals surface area (Å²) >= 11 is 0. The van der Waals surface area contributed by atoms with Crippen LogP contribution in [0, 0.1) is 0 Å². The van der Waals surface area contributed by atoms with Crippen molar-refractivity contribution in [1.29, 1.82) is 0 Å². The van der Waals surface area contributed by atoms with Crippen LogP contribution < -0.4 is 0 Å². The summed E-state index contributed by atoms with van der Waals surface area (Å²) < 4.78 is 10.1. The Labute approximate surface area is 65.1 Å². The van der Waals surface area contributed by atoms with Crippen LogP contribution in [0.3, 0.4) is 0 Å². The smallest absolute Gasteiger partial charge is 0.380 e. The zero-order valence-electron chi connectivity index (χ0n) is 6.25. The van der Waals surface area contributed by atoms with Gasteiger partial charge in [-0.05, 0) is 12.8 Å². The van der Waals surface area contributed by atoms with Gasteiger partial charge in [-0.2, -0.15) is 0 Å². The molecule has 0 unspecified atom stereocenters. The number of ether oxygens (including phenoxy) is 2. The number of rotatable bonds is 3. The van der Waals surface area contributed by atoms with Crippen LogP contribution in [0.2, 0.25) is 0 Å². The third-order valence-corrected chi connectivity index (χ3v) is 1.61. The highest BCUT2D eigenvalue weighted by Gasteiger charge is 2.15. The minimum absolute atomic E-state index is 0.0432. The largest absolute Gasteiger partial charge is 0.381 e. The number of carbonyl (C=O) groups is 1. The van der Waals surface area contributed by atoms with Crippen molar-refractivity contribution in [1.82, 2.24) is 0 Å². The molecule has 0 saturated carbocycles. The molecule has 0 aliphatic carbocycles. The van der Waals surface area contributed by atoms with Gasteiger partial charge in [-0.25, -0.2) is 9.90 Å². The fourth-order valence-corrected chi connectivity index (χ4v) is 1.03. The summed E-state index contributed by atoms with van der Waals surface area (Å²) in [6, 6.07) is 0. The number of carbonyl (C=O) groups excluding carboxylic acids is 1. The van der Waals surface area contributed by atoms with Crippen molar-refractivity contribution >= 4 is 5.97 Å². The van der Waals surface area contributed by atoms with E-state index >= 15 is 0 Å². The Balaban J connectivity index is 2.09. The van der Waals surface area contributed by atoms with Gasteiger partial charge in [0, 0.05) is 13.2 Å². The summed E-state index contributed by atoms with van der Waals surface area (Å²) in [4.78, 5) is 9.97. The van der Waals surface area contributed by atoms with E-state index in [1.807, 2.05) is 0 Å². The fourth-order valence-electron chi connectivity index (χ4n) is 1.03. The molecule has 0 aromatic carbocycles. The van der Waals surface area contributed by atoms with Gasteiger partial charge in [0.25, 0.3) is 0 Å². The van der Waals surface area contributed by atoms with E-state index in [1.54, 1.807) is 0 Å². The van der Waals surface area contributed by atoms with Gasteiger partial charge in [-0.1, -0.05) is 0 Å². The molecular weight excluding hydrogens is 148 g/mol. The van der Waals surface area contributed by atoms with Crippen LogP contribution in [0.15, 0.2) is 0 Å². The van der Waals surface area contributed by atoms with E-state index in [-0.39, 0.29) is 12.7 Å². The molecule has 11 heavy (non-hydrogen) atoms. The molecule has 0 N–H and O–H groups in total. The molecule has 4 heteroatoms. The van der Waals surface area contributed by atoms with Gasteiger partial charge in [0.15, 0.2) is 0 Å². The fraction of sp³-hybridized carbons (Fsp3) is 0.857. The highest BCUT2D eigenvalue weighted by molar-refractivity contribution is 5.67. The normalized spacial score (nSPS) is 20.0. The Morgan fingerprint density at radius 1 is 1.45 bits per heavy atom. The van der Waals surface area contributed by atoms with E-state index < -0.39 is 5.97 Å². The summed E-state index contributed by atoms with van der Waals surface area (Å²) in [5, 5.41) is 9.97.